The average Bonchev–Trinajstić information content (AvgIpc) is 2.56. The summed E-state index contributed by atoms with van der Waals surface area (Å²) in [4.78, 5) is 9.97. The zero-order valence-electron chi connectivity index (χ0n) is 14.0. The van der Waals surface area contributed by atoms with Crippen LogP contribution in [-0.4, -0.2) is 28.3 Å². The number of sulfonamides is 2. The van der Waals surface area contributed by atoms with Gasteiger partial charge in [0, 0.05) is 18.2 Å². The highest BCUT2D eigenvalue weighted by Crippen LogP contribution is 2.29. The molecule has 146 valence electrons. The highest BCUT2D eigenvalue weighted by Gasteiger charge is 2.22. The first-order chi connectivity index (χ1) is 12.4. The van der Waals surface area contributed by atoms with Crippen LogP contribution in [0.4, 0.5) is 5.69 Å². The first-order valence-corrected chi connectivity index (χ1v) is 10.9. The van der Waals surface area contributed by atoms with E-state index in [2.05, 4.69) is 4.72 Å². The molecule has 0 spiro atoms. The number of hydrogen-bond donors (Lipinski definition) is 2. The van der Waals surface area contributed by atoms with E-state index in [1.54, 1.807) is 0 Å². The van der Waals surface area contributed by atoms with Crippen LogP contribution in [0.3, 0.4) is 0 Å². The Kier molecular flexibility index (Phi) is 6.22. The molecular formula is C15H16ClN3O6S2. The van der Waals surface area contributed by atoms with Crippen molar-refractivity contribution in [1.82, 2.24) is 4.72 Å². The number of primary sulfonamides is 1. The number of rotatable bonds is 7. The number of nitro groups is 1. The smallest absolute Gasteiger partial charge is 0.258 e. The summed E-state index contributed by atoms with van der Waals surface area (Å²) in [6.07, 6.45) is 0.270. The van der Waals surface area contributed by atoms with E-state index in [4.69, 9.17) is 16.7 Å². The van der Waals surface area contributed by atoms with Crippen LogP contribution in [0, 0.1) is 17.0 Å². The minimum absolute atomic E-state index is 0.00362. The predicted molar refractivity (Wildman–Crippen MR) is 99.6 cm³/mol. The summed E-state index contributed by atoms with van der Waals surface area (Å²) >= 11 is 5.89. The van der Waals surface area contributed by atoms with Crippen molar-refractivity contribution in [2.24, 2.45) is 5.14 Å². The minimum Gasteiger partial charge on any atom is -0.258 e. The van der Waals surface area contributed by atoms with Crippen LogP contribution in [0.25, 0.3) is 0 Å². The van der Waals surface area contributed by atoms with Crippen LogP contribution < -0.4 is 9.86 Å². The summed E-state index contributed by atoms with van der Waals surface area (Å²) in [5.41, 5.74) is 0.468. The van der Waals surface area contributed by atoms with Crippen molar-refractivity contribution < 1.29 is 21.8 Å². The second kappa shape index (κ2) is 7.90. The van der Waals surface area contributed by atoms with Crippen molar-refractivity contribution in [2.45, 2.75) is 23.1 Å². The van der Waals surface area contributed by atoms with Crippen molar-refractivity contribution in [2.75, 3.05) is 6.54 Å². The Labute approximate surface area is 161 Å². The molecule has 12 heteroatoms. The van der Waals surface area contributed by atoms with Gasteiger partial charge in [0.1, 0.15) is 0 Å². The molecule has 2 aromatic carbocycles. The summed E-state index contributed by atoms with van der Waals surface area (Å²) in [5, 5.41) is 16.0. The Balaban J connectivity index is 2.12. The van der Waals surface area contributed by atoms with Gasteiger partial charge >= 0.3 is 0 Å². The molecule has 0 aliphatic rings. The van der Waals surface area contributed by atoms with Crippen LogP contribution >= 0.6 is 11.6 Å². The normalized spacial score (nSPS) is 12.1. The Morgan fingerprint density at radius 1 is 1.11 bits per heavy atom. The van der Waals surface area contributed by atoms with Crippen molar-refractivity contribution in [3.8, 4) is 0 Å². The third-order valence-corrected chi connectivity index (χ3v) is 6.52. The third kappa shape index (κ3) is 5.23. The molecular weight excluding hydrogens is 418 g/mol. The minimum atomic E-state index is -4.01. The van der Waals surface area contributed by atoms with Crippen LogP contribution in [-0.2, 0) is 26.5 Å². The van der Waals surface area contributed by atoms with E-state index >= 15 is 0 Å². The van der Waals surface area contributed by atoms with Gasteiger partial charge in [-0.05, 0) is 37.1 Å². The van der Waals surface area contributed by atoms with E-state index < -0.39 is 25.0 Å². The number of hydrogen-bond acceptors (Lipinski definition) is 6. The number of nitrogens with one attached hydrogen (secondary N) is 1. The zero-order chi connectivity index (χ0) is 20.4. The Hall–Kier alpha value is -2.05. The van der Waals surface area contributed by atoms with Gasteiger partial charge in [0.15, 0.2) is 0 Å². The van der Waals surface area contributed by atoms with Crippen molar-refractivity contribution >= 4 is 37.3 Å². The zero-order valence-corrected chi connectivity index (χ0v) is 16.4. The molecule has 3 N–H and O–H groups in total. The van der Waals surface area contributed by atoms with Gasteiger partial charge in [-0.15, -0.1) is 0 Å². The predicted octanol–water partition coefficient (Wildman–Crippen LogP) is 1.73. The largest absolute Gasteiger partial charge is 0.275 e. The lowest BCUT2D eigenvalue weighted by molar-refractivity contribution is -0.385. The lowest BCUT2D eigenvalue weighted by Crippen LogP contribution is -2.26. The monoisotopic (exact) mass is 433 g/mol. The molecule has 0 aliphatic carbocycles. The maximum absolute atomic E-state index is 12.4. The molecule has 0 bridgehead atoms. The van der Waals surface area contributed by atoms with Crippen molar-refractivity contribution in [3.05, 3.63) is 62.7 Å². The van der Waals surface area contributed by atoms with E-state index in [0.717, 1.165) is 12.1 Å². The fourth-order valence-electron chi connectivity index (χ4n) is 2.24. The van der Waals surface area contributed by atoms with Gasteiger partial charge in [0.25, 0.3) is 5.69 Å². The van der Waals surface area contributed by atoms with Crippen LogP contribution in [0.1, 0.15) is 11.1 Å². The Morgan fingerprint density at radius 3 is 2.22 bits per heavy atom. The van der Waals surface area contributed by atoms with Crippen LogP contribution in [0.15, 0.2) is 46.2 Å². The number of nitrogens with zero attached hydrogens (tertiary/aromatic N) is 1. The SMILES string of the molecule is Cc1c(Cl)cc(S(=O)(=O)NCCc2ccc(S(N)(=O)=O)cc2)cc1[N+](=O)[O-]. The molecule has 0 unspecified atom stereocenters. The average molecular weight is 434 g/mol. The first kappa shape index (κ1) is 21.3. The topological polar surface area (TPSA) is 149 Å². The van der Waals surface area contributed by atoms with Crippen LogP contribution in [0.5, 0.6) is 0 Å². The van der Waals surface area contributed by atoms with Gasteiger partial charge in [-0.25, -0.2) is 26.7 Å². The molecule has 0 atom stereocenters. The second-order valence-corrected chi connectivity index (χ2v) is 9.38. The number of halogens is 1. The molecule has 0 aliphatic heterocycles. The Morgan fingerprint density at radius 2 is 1.70 bits per heavy atom. The van der Waals surface area contributed by atoms with Gasteiger partial charge in [-0.2, -0.15) is 0 Å². The van der Waals surface area contributed by atoms with Crippen LogP contribution in [0.2, 0.25) is 5.02 Å². The van der Waals surface area contributed by atoms with E-state index in [9.17, 15) is 26.9 Å². The molecule has 0 heterocycles. The lowest BCUT2D eigenvalue weighted by Gasteiger charge is -2.09. The number of benzene rings is 2. The molecule has 2 aromatic rings. The van der Waals surface area contributed by atoms with Gasteiger partial charge in [0.2, 0.25) is 20.0 Å². The van der Waals surface area contributed by atoms with Gasteiger partial charge in [-0.3, -0.25) is 10.1 Å². The standard InChI is InChI=1S/C15H16ClN3O6S2/c1-10-14(16)8-13(9-15(10)19(20)21)27(24,25)18-7-6-11-2-4-12(5-3-11)26(17,22)23/h2-5,8-9,18H,6-7H2,1H3,(H2,17,22,23). The van der Waals surface area contributed by atoms with Gasteiger partial charge in [-0.1, -0.05) is 23.7 Å². The maximum atomic E-state index is 12.4. The second-order valence-electron chi connectivity index (χ2n) is 5.64. The van der Waals surface area contributed by atoms with Crippen molar-refractivity contribution in [3.63, 3.8) is 0 Å². The highest BCUT2D eigenvalue weighted by molar-refractivity contribution is 7.89. The summed E-state index contributed by atoms with van der Waals surface area (Å²) in [6.45, 7) is 1.42. The summed E-state index contributed by atoms with van der Waals surface area (Å²) in [6, 6.07) is 7.77. The summed E-state index contributed by atoms with van der Waals surface area (Å²) < 4.78 is 49.4. The molecule has 0 saturated heterocycles. The molecule has 0 amide bonds. The summed E-state index contributed by atoms with van der Waals surface area (Å²) in [5.74, 6) is 0. The van der Waals surface area contributed by atoms with Gasteiger partial charge < -0.3 is 0 Å². The third-order valence-electron chi connectivity index (χ3n) is 3.76. The quantitative estimate of drug-likeness (QED) is 0.501. The molecule has 0 fully saturated rings. The first-order valence-electron chi connectivity index (χ1n) is 7.48. The molecule has 9 nitrogen and oxygen atoms in total. The van der Waals surface area contributed by atoms with E-state index in [0.29, 0.717) is 5.56 Å². The fraction of sp³-hybridized carbons (Fsp3) is 0.200. The fourth-order valence-corrected chi connectivity index (χ4v) is 4.12. The van der Waals surface area contributed by atoms with E-state index in [1.165, 1.54) is 31.2 Å². The van der Waals surface area contributed by atoms with E-state index in [1.807, 2.05) is 0 Å². The molecule has 0 aromatic heterocycles. The molecule has 2 rings (SSSR count). The molecule has 0 radical (unpaired) electrons. The molecule has 0 saturated carbocycles. The van der Waals surface area contributed by atoms with Gasteiger partial charge in [0.05, 0.1) is 19.7 Å². The number of nitrogens with two attached hydrogens (primary N) is 1. The number of nitro benzene ring substituents is 1. The highest BCUT2D eigenvalue weighted by atomic mass is 35.5. The maximum Gasteiger partial charge on any atom is 0.275 e. The molecule has 27 heavy (non-hydrogen) atoms. The summed E-state index contributed by atoms with van der Waals surface area (Å²) in [7, 11) is -7.81. The Bertz CT molecular complexity index is 1080. The lowest BCUT2D eigenvalue weighted by atomic mass is 10.2. The van der Waals surface area contributed by atoms with E-state index in [-0.39, 0.29) is 39.0 Å². The van der Waals surface area contributed by atoms with Crippen molar-refractivity contribution in [1.29, 1.82) is 0 Å².